The Hall–Kier alpha value is -0.520. The van der Waals surface area contributed by atoms with Crippen molar-refractivity contribution in [3.63, 3.8) is 0 Å². The van der Waals surface area contributed by atoms with Crippen LogP contribution in [0, 0.1) is 0 Å². The Morgan fingerprint density at radius 1 is 1.32 bits per heavy atom. The SMILES string of the molecule is CCS(=O)(=O)NCCc1ccc(S(=O)(=O)NC2CCNC2)s1. The van der Waals surface area contributed by atoms with Crippen molar-refractivity contribution in [2.75, 3.05) is 25.4 Å². The van der Waals surface area contributed by atoms with Crippen LogP contribution in [0.3, 0.4) is 0 Å². The van der Waals surface area contributed by atoms with Crippen molar-refractivity contribution in [3.05, 3.63) is 17.0 Å². The summed E-state index contributed by atoms with van der Waals surface area (Å²) in [6, 6.07) is 3.23. The summed E-state index contributed by atoms with van der Waals surface area (Å²) in [7, 11) is -6.70. The molecule has 0 spiro atoms. The van der Waals surface area contributed by atoms with E-state index in [1.165, 1.54) is 11.3 Å². The second-order valence-corrected chi connectivity index (χ2v) is 10.3. The van der Waals surface area contributed by atoms with E-state index in [1.54, 1.807) is 19.1 Å². The zero-order chi connectivity index (χ0) is 16.2. The standard InChI is InChI=1S/C12H21N3O4S3/c1-2-21(16,17)14-8-6-11-3-4-12(20-11)22(18,19)15-10-5-7-13-9-10/h3-4,10,13-15H,2,5-9H2,1H3. The molecule has 2 rings (SSSR count). The second-order valence-electron chi connectivity index (χ2n) is 5.08. The quantitative estimate of drug-likeness (QED) is 0.594. The molecule has 1 aromatic heterocycles. The summed E-state index contributed by atoms with van der Waals surface area (Å²) in [5, 5.41) is 3.11. The van der Waals surface area contributed by atoms with Gasteiger partial charge < -0.3 is 5.32 Å². The molecule has 0 aromatic carbocycles. The normalized spacial score (nSPS) is 19.6. The van der Waals surface area contributed by atoms with Crippen molar-refractivity contribution in [2.24, 2.45) is 0 Å². The monoisotopic (exact) mass is 367 g/mol. The summed E-state index contributed by atoms with van der Waals surface area (Å²) in [6.07, 6.45) is 1.26. The van der Waals surface area contributed by atoms with Crippen LogP contribution in [0.1, 0.15) is 18.2 Å². The van der Waals surface area contributed by atoms with Gasteiger partial charge in [0.2, 0.25) is 20.0 Å². The highest BCUT2D eigenvalue weighted by atomic mass is 32.2. The third-order valence-corrected chi connectivity index (χ3v) is 7.92. The average molecular weight is 368 g/mol. The molecule has 126 valence electrons. The summed E-state index contributed by atoms with van der Waals surface area (Å²) < 4.78 is 52.6. The van der Waals surface area contributed by atoms with Gasteiger partial charge in [0.25, 0.3) is 0 Å². The number of thiophene rings is 1. The van der Waals surface area contributed by atoms with E-state index in [0.29, 0.717) is 13.0 Å². The minimum Gasteiger partial charge on any atom is -0.315 e. The molecule has 10 heteroatoms. The minimum atomic E-state index is -3.49. The van der Waals surface area contributed by atoms with E-state index in [-0.39, 0.29) is 22.5 Å². The number of nitrogens with one attached hydrogen (secondary N) is 3. The van der Waals surface area contributed by atoms with Gasteiger partial charge in [-0.05, 0) is 38.4 Å². The van der Waals surface area contributed by atoms with Crippen LogP contribution in [0.25, 0.3) is 0 Å². The maximum Gasteiger partial charge on any atom is 0.250 e. The molecule has 0 radical (unpaired) electrons. The lowest BCUT2D eigenvalue weighted by atomic mass is 10.3. The molecule has 2 heterocycles. The molecule has 7 nitrogen and oxygen atoms in total. The zero-order valence-electron chi connectivity index (χ0n) is 12.3. The van der Waals surface area contributed by atoms with Gasteiger partial charge >= 0.3 is 0 Å². The van der Waals surface area contributed by atoms with Gasteiger partial charge in [-0.25, -0.2) is 26.3 Å². The van der Waals surface area contributed by atoms with Gasteiger partial charge in [-0.2, -0.15) is 0 Å². The molecule has 0 aliphatic carbocycles. The third kappa shape index (κ3) is 5.00. The second kappa shape index (κ2) is 7.37. The summed E-state index contributed by atoms with van der Waals surface area (Å²) in [4.78, 5) is 0.837. The van der Waals surface area contributed by atoms with E-state index in [9.17, 15) is 16.8 Å². The molecule has 1 fully saturated rings. The van der Waals surface area contributed by atoms with Gasteiger partial charge in [-0.15, -0.1) is 11.3 Å². The molecule has 0 bridgehead atoms. The molecule has 22 heavy (non-hydrogen) atoms. The molecule has 0 amide bonds. The lowest BCUT2D eigenvalue weighted by molar-refractivity contribution is 0.562. The van der Waals surface area contributed by atoms with E-state index < -0.39 is 20.0 Å². The average Bonchev–Trinajstić information content (AvgIpc) is 3.10. The van der Waals surface area contributed by atoms with Crippen molar-refractivity contribution in [3.8, 4) is 0 Å². The number of hydrogen-bond donors (Lipinski definition) is 3. The highest BCUT2D eigenvalue weighted by Gasteiger charge is 2.23. The Balaban J connectivity index is 1.92. The molecule has 0 saturated carbocycles. The molecule has 1 saturated heterocycles. The topological polar surface area (TPSA) is 104 Å². The van der Waals surface area contributed by atoms with Crippen LogP contribution in [0.5, 0.6) is 0 Å². The van der Waals surface area contributed by atoms with Crippen LogP contribution >= 0.6 is 11.3 Å². The lowest BCUT2D eigenvalue weighted by Crippen LogP contribution is -2.35. The van der Waals surface area contributed by atoms with E-state index in [1.807, 2.05) is 0 Å². The van der Waals surface area contributed by atoms with E-state index in [0.717, 1.165) is 17.8 Å². The Kier molecular flexibility index (Phi) is 5.97. The van der Waals surface area contributed by atoms with Gasteiger partial charge in [-0.3, -0.25) is 0 Å². The van der Waals surface area contributed by atoms with Gasteiger partial charge in [0.15, 0.2) is 0 Å². The number of hydrogen-bond acceptors (Lipinski definition) is 6. The van der Waals surface area contributed by atoms with E-state index >= 15 is 0 Å². The Bertz CT molecular complexity index is 691. The molecule has 1 aromatic rings. The van der Waals surface area contributed by atoms with Crippen molar-refractivity contribution >= 4 is 31.4 Å². The van der Waals surface area contributed by atoms with Crippen LogP contribution in [0.15, 0.2) is 16.3 Å². The smallest absolute Gasteiger partial charge is 0.250 e. The molecule has 1 atom stereocenters. The number of sulfonamides is 2. The number of rotatable bonds is 8. The summed E-state index contributed by atoms with van der Waals surface area (Å²) in [5.74, 6) is 0.0381. The molecule has 1 aliphatic heterocycles. The minimum absolute atomic E-state index is 0.0381. The van der Waals surface area contributed by atoms with Crippen molar-refractivity contribution in [1.82, 2.24) is 14.8 Å². The Labute approximate surface area is 135 Å². The predicted molar refractivity (Wildman–Crippen MR) is 87.1 cm³/mol. The summed E-state index contributed by atoms with van der Waals surface area (Å²) in [6.45, 7) is 3.31. The first-order chi connectivity index (χ1) is 10.3. The van der Waals surface area contributed by atoms with Crippen molar-refractivity contribution < 1.29 is 16.8 Å². The zero-order valence-corrected chi connectivity index (χ0v) is 14.8. The fourth-order valence-corrected chi connectivity index (χ4v) is 5.36. The van der Waals surface area contributed by atoms with Gasteiger partial charge in [0.05, 0.1) is 5.75 Å². The van der Waals surface area contributed by atoms with E-state index in [4.69, 9.17) is 0 Å². The largest absolute Gasteiger partial charge is 0.315 e. The maximum atomic E-state index is 12.2. The Morgan fingerprint density at radius 3 is 2.73 bits per heavy atom. The van der Waals surface area contributed by atoms with Crippen LogP contribution in [-0.2, 0) is 26.5 Å². The van der Waals surface area contributed by atoms with Crippen LogP contribution in [0.4, 0.5) is 0 Å². The first-order valence-electron chi connectivity index (χ1n) is 7.11. The molecule has 3 N–H and O–H groups in total. The van der Waals surface area contributed by atoms with Gasteiger partial charge in [0, 0.05) is 24.0 Å². The fourth-order valence-electron chi connectivity index (χ4n) is 2.10. The van der Waals surface area contributed by atoms with E-state index in [2.05, 4.69) is 14.8 Å². The van der Waals surface area contributed by atoms with Crippen molar-refractivity contribution in [1.29, 1.82) is 0 Å². The molecular formula is C12H21N3O4S3. The maximum absolute atomic E-state index is 12.2. The third-order valence-electron chi connectivity index (χ3n) is 3.36. The first kappa shape index (κ1) is 17.8. The van der Waals surface area contributed by atoms with Gasteiger partial charge in [-0.1, -0.05) is 0 Å². The van der Waals surface area contributed by atoms with Crippen LogP contribution in [-0.4, -0.2) is 48.3 Å². The first-order valence-corrected chi connectivity index (χ1v) is 11.1. The highest BCUT2D eigenvalue weighted by Crippen LogP contribution is 2.22. The molecular weight excluding hydrogens is 346 g/mol. The highest BCUT2D eigenvalue weighted by molar-refractivity contribution is 7.91. The lowest BCUT2D eigenvalue weighted by Gasteiger charge is -2.10. The van der Waals surface area contributed by atoms with Crippen molar-refractivity contribution in [2.45, 2.75) is 30.0 Å². The predicted octanol–water partition coefficient (Wildman–Crippen LogP) is -0.130. The summed E-state index contributed by atoms with van der Waals surface area (Å²) in [5.41, 5.74) is 0. The van der Waals surface area contributed by atoms with Gasteiger partial charge in [0.1, 0.15) is 4.21 Å². The molecule has 1 aliphatic rings. The Morgan fingerprint density at radius 2 is 2.09 bits per heavy atom. The molecule has 1 unspecified atom stereocenters. The van der Waals surface area contributed by atoms with Crippen LogP contribution in [0.2, 0.25) is 0 Å². The fraction of sp³-hybridized carbons (Fsp3) is 0.667. The van der Waals surface area contributed by atoms with Crippen LogP contribution < -0.4 is 14.8 Å². The summed E-state index contributed by atoms with van der Waals surface area (Å²) >= 11 is 1.18.